The van der Waals surface area contributed by atoms with Gasteiger partial charge in [-0.3, -0.25) is 0 Å². The Morgan fingerprint density at radius 3 is 3.19 bits per heavy atom. The molecule has 1 aliphatic rings. The molecule has 0 fully saturated rings. The van der Waals surface area contributed by atoms with Gasteiger partial charge in [-0.15, -0.1) is 11.8 Å². The van der Waals surface area contributed by atoms with Crippen LogP contribution in [0.1, 0.15) is 18.0 Å². The molecule has 2 rings (SSSR count). The zero-order chi connectivity index (χ0) is 11.5. The molecule has 0 saturated heterocycles. The lowest BCUT2D eigenvalue weighted by Gasteiger charge is -2.26. The molecule has 1 N–H and O–H groups in total. The Labute approximate surface area is 108 Å². The predicted octanol–water partition coefficient (Wildman–Crippen LogP) is 3.86. The van der Waals surface area contributed by atoms with Gasteiger partial charge < -0.3 is 5.32 Å². The molecule has 0 spiro atoms. The number of thioether (sulfide) groups is 1. The second kappa shape index (κ2) is 5.34. The maximum atomic E-state index is 13.2. The van der Waals surface area contributed by atoms with Crippen LogP contribution in [0.15, 0.2) is 34.2 Å². The molecule has 0 radical (unpaired) electrons. The number of fused-ring (bicyclic) bond motifs is 1. The quantitative estimate of drug-likeness (QED) is 0.910. The monoisotopic (exact) mass is 301 g/mol. The van der Waals surface area contributed by atoms with Crippen LogP contribution in [0.2, 0.25) is 0 Å². The molecule has 0 saturated carbocycles. The lowest BCUT2D eigenvalue weighted by molar-refractivity contribution is 0.531. The van der Waals surface area contributed by atoms with Crippen LogP contribution in [0.5, 0.6) is 0 Å². The Balaban J connectivity index is 2.18. The molecule has 1 aromatic rings. The highest BCUT2D eigenvalue weighted by molar-refractivity contribution is 9.11. The van der Waals surface area contributed by atoms with Gasteiger partial charge in [0.05, 0.1) is 0 Å². The van der Waals surface area contributed by atoms with E-state index in [0.29, 0.717) is 6.54 Å². The van der Waals surface area contributed by atoms with Gasteiger partial charge in [-0.05, 0) is 35.9 Å². The van der Waals surface area contributed by atoms with Crippen molar-refractivity contribution < 1.29 is 4.39 Å². The molecule has 1 aliphatic heterocycles. The largest absolute Gasteiger partial charge is 0.305 e. The topological polar surface area (TPSA) is 12.0 Å². The first-order valence-electron chi connectivity index (χ1n) is 5.16. The number of benzene rings is 1. The standard InChI is InChI=1S/C12H13BrFNS/c1-8(13)7-15-11-4-5-16-12-3-2-9(14)6-10(11)12/h2-3,6,11,15H,1,4-5,7H2. The predicted molar refractivity (Wildman–Crippen MR) is 70.6 cm³/mol. The summed E-state index contributed by atoms with van der Waals surface area (Å²) in [4.78, 5) is 1.19. The number of hydrogen-bond acceptors (Lipinski definition) is 2. The SMILES string of the molecule is C=C(Br)CNC1CCSc2ccc(F)cc21. The van der Waals surface area contributed by atoms with Gasteiger partial charge in [0.2, 0.25) is 0 Å². The summed E-state index contributed by atoms with van der Waals surface area (Å²) >= 11 is 5.11. The Bertz CT molecular complexity index is 408. The van der Waals surface area contributed by atoms with Crippen LogP contribution >= 0.6 is 27.7 Å². The summed E-state index contributed by atoms with van der Waals surface area (Å²) in [5.74, 6) is 0.913. The summed E-state index contributed by atoms with van der Waals surface area (Å²) < 4.78 is 14.1. The molecule has 0 aliphatic carbocycles. The van der Waals surface area contributed by atoms with Crippen LogP contribution in [0, 0.1) is 5.82 Å². The molecule has 86 valence electrons. The average molecular weight is 302 g/mol. The van der Waals surface area contributed by atoms with Crippen molar-refractivity contribution in [3.8, 4) is 0 Å². The first kappa shape index (κ1) is 12.1. The Kier molecular flexibility index (Phi) is 4.05. The van der Waals surface area contributed by atoms with E-state index in [-0.39, 0.29) is 11.9 Å². The van der Waals surface area contributed by atoms with E-state index in [1.165, 1.54) is 11.0 Å². The third-order valence-electron chi connectivity index (χ3n) is 2.55. The van der Waals surface area contributed by atoms with E-state index in [9.17, 15) is 4.39 Å². The molecule has 1 aromatic carbocycles. The lowest BCUT2D eigenvalue weighted by Crippen LogP contribution is -2.25. The highest BCUT2D eigenvalue weighted by Crippen LogP contribution is 2.36. The van der Waals surface area contributed by atoms with Gasteiger partial charge in [0.15, 0.2) is 0 Å². The Morgan fingerprint density at radius 1 is 1.62 bits per heavy atom. The van der Waals surface area contributed by atoms with E-state index in [0.717, 1.165) is 22.2 Å². The van der Waals surface area contributed by atoms with Gasteiger partial charge in [0.25, 0.3) is 0 Å². The van der Waals surface area contributed by atoms with Crippen LogP contribution in [0.4, 0.5) is 4.39 Å². The molecule has 4 heteroatoms. The molecule has 0 bridgehead atoms. The first-order valence-corrected chi connectivity index (χ1v) is 6.93. The molecule has 16 heavy (non-hydrogen) atoms. The second-order valence-electron chi connectivity index (χ2n) is 3.77. The number of halogens is 2. The zero-order valence-electron chi connectivity index (χ0n) is 8.80. The van der Waals surface area contributed by atoms with Gasteiger partial charge in [0, 0.05) is 22.0 Å². The second-order valence-corrected chi connectivity index (χ2v) is 6.03. The van der Waals surface area contributed by atoms with Crippen LogP contribution in [0.25, 0.3) is 0 Å². The van der Waals surface area contributed by atoms with Gasteiger partial charge >= 0.3 is 0 Å². The maximum Gasteiger partial charge on any atom is 0.123 e. The highest BCUT2D eigenvalue weighted by Gasteiger charge is 2.20. The van der Waals surface area contributed by atoms with Gasteiger partial charge in [-0.25, -0.2) is 4.39 Å². The molecular weight excluding hydrogens is 289 g/mol. The minimum atomic E-state index is -0.161. The van der Waals surface area contributed by atoms with E-state index >= 15 is 0 Å². The molecule has 1 atom stereocenters. The van der Waals surface area contributed by atoms with Crippen molar-refractivity contribution >= 4 is 27.7 Å². The highest BCUT2D eigenvalue weighted by atomic mass is 79.9. The van der Waals surface area contributed by atoms with Crippen molar-refractivity contribution in [3.05, 3.63) is 40.6 Å². The fraction of sp³-hybridized carbons (Fsp3) is 0.333. The van der Waals surface area contributed by atoms with Crippen molar-refractivity contribution in [3.63, 3.8) is 0 Å². The van der Waals surface area contributed by atoms with Gasteiger partial charge in [-0.2, -0.15) is 0 Å². The third kappa shape index (κ3) is 2.87. The van der Waals surface area contributed by atoms with E-state index < -0.39 is 0 Å². The summed E-state index contributed by atoms with van der Waals surface area (Å²) in [6, 6.07) is 5.26. The summed E-state index contributed by atoms with van der Waals surface area (Å²) in [6.07, 6.45) is 1.03. The average Bonchev–Trinajstić information content (AvgIpc) is 2.26. The molecule has 0 aromatic heterocycles. The fourth-order valence-corrected chi connectivity index (χ4v) is 3.08. The summed E-state index contributed by atoms with van der Waals surface area (Å²) in [5.41, 5.74) is 1.07. The Morgan fingerprint density at radius 2 is 2.44 bits per heavy atom. The first-order chi connectivity index (χ1) is 7.66. The molecule has 0 amide bonds. The summed E-state index contributed by atoms with van der Waals surface area (Å²) in [5, 5.41) is 3.38. The summed E-state index contributed by atoms with van der Waals surface area (Å²) in [7, 11) is 0. The molecule has 1 unspecified atom stereocenters. The van der Waals surface area contributed by atoms with Crippen molar-refractivity contribution in [2.24, 2.45) is 0 Å². The minimum absolute atomic E-state index is 0.161. The van der Waals surface area contributed by atoms with Crippen molar-refractivity contribution in [2.75, 3.05) is 12.3 Å². The fourth-order valence-electron chi connectivity index (χ4n) is 1.81. The van der Waals surface area contributed by atoms with Gasteiger partial charge in [0.1, 0.15) is 5.82 Å². The van der Waals surface area contributed by atoms with E-state index in [4.69, 9.17) is 0 Å². The van der Waals surface area contributed by atoms with Crippen LogP contribution in [0.3, 0.4) is 0 Å². The third-order valence-corrected chi connectivity index (χ3v) is 3.95. The van der Waals surface area contributed by atoms with Crippen molar-refractivity contribution in [1.82, 2.24) is 5.32 Å². The maximum absolute atomic E-state index is 13.2. The van der Waals surface area contributed by atoms with Crippen LogP contribution in [-0.4, -0.2) is 12.3 Å². The number of nitrogens with one attached hydrogen (secondary N) is 1. The smallest absolute Gasteiger partial charge is 0.123 e. The zero-order valence-corrected chi connectivity index (χ0v) is 11.2. The Hall–Kier alpha value is -0.320. The van der Waals surface area contributed by atoms with Crippen LogP contribution in [-0.2, 0) is 0 Å². The molecule has 1 nitrogen and oxygen atoms in total. The lowest BCUT2D eigenvalue weighted by atomic mass is 10.0. The van der Waals surface area contributed by atoms with E-state index in [1.54, 1.807) is 17.8 Å². The molecule has 1 heterocycles. The van der Waals surface area contributed by atoms with Crippen molar-refractivity contribution in [1.29, 1.82) is 0 Å². The minimum Gasteiger partial charge on any atom is -0.305 e. The number of rotatable bonds is 3. The number of hydrogen-bond donors (Lipinski definition) is 1. The normalized spacial score (nSPS) is 19.2. The van der Waals surface area contributed by atoms with E-state index in [1.807, 2.05) is 6.07 Å². The molecular formula is C12H13BrFNS. The van der Waals surface area contributed by atoms with Crippen molar-refractivity contribution in [2.45, 2.75) is 17.4 Å². The van der Waals surface area contributed by atoms with Crippen LogP contribution < -0.4 is 5.32 Å². The van der Waals surface area contributed by atoms with Gasteiger partial charge in [-0.1, -0.05) is 22.5 Å². The summed E-state index contributed by atoms with van der Waals surface area (Å²) in [6.45, 7) is 4.50. The van der Waals surface area contributed by atoms with E-state index in [2.05, 4.69) is 27.8 Å².